The Morgan fingerprint density at radius 1 is 1.69 bits per heavy atom. The van der Waals surface area contributed by atoms with Crippen molar-refractivity contribution in [1.29, 1.82) is 0 Å². The number of carbonyl (C=O) groups excluding carboxylic acids is 1. The van der Waals surface area contributed by atoms with Crippen molar-refractivity contribution < 1.29 is 9.53 Å². The van der Waals surface area contributed by atoms with Gasteiger partial charge in [-0.15, -0.1) is 6.58 Å². The summed E-state index contributed by atoms with van der Waals surface area (Å²) in [5, 5.41) is 0. The molecule has 0 aromatic heterocycles. The normalized spacial score (nSPS) is 31.8. The van der Waals surface area contributed by atoms with E-state index in [1.54, 1.807) is 6.08 Å². The monoisotopic (exact) mass is 182 g/mol. The topological polar surface area (TPSA) is 29.6 Å². The van der Waals surface area contributed by atoms with E-state index in [1.165, 1.54) is 0 Å². The smallest absolute Gasteiger partial charge is 0.136 e. The SMILES string of the molecule is C=C[C@H]1O[C@@]1(C)CC(=O)CC(C)C. The lowest BCUT2D eigenvalue weighted by Gasteiger charge is -2.06. The van der Waals surface area contributed by atoms with Crippen molar-refractivity contribution in [3.8, 4) is 0 Å². The fraction of sp³-hybridized carbons (Fsp3) is 0.727. The summed E-state index contributed by atoms with van der Waals surface area (Å²) >= 11 is 0. The van der Waals surface area contributed by atoms with Crippen LogP contribution in [0.2, 0.25) is 0 Å². The molecule has 2 nitrogen and oxygen atoms in total. The lowest BCUT2D eigenvalue weighted by molar-refractivity contribution is -0.120. The number of hydrogen-bond donors (Lipinski definition) is 0. The van der Waals surface area contributed by atoms with E-state index in [0.29, 0.717) is 24.5 Å². The van der Waals surface area contributed by atoms with Crippen LogP contribution in [-0.2, 0) is 9.53 Å². The molecule has 0 aromatic rings. The predicted molar refractivity (Wildman–Crippen MR) is 52.6 cm³/mol. The predicted octanol–water partition coefficient (Wildman–Crippen LogP) is 2.34. The number of carbonyl (C=O) groups is 1. The molecule has 1 rings (SSSR count). The van der Waals surface area contributed by atoms with Gasteiger partial charge in [0.2, 0.25) is 0 Å². The van der Waals surface area contributed by atoms with Crippen LogP contribution in [-0.4, -0.2) is 17.5 Å². The highest BCUT2D eigenvalue weighted by Crippen LogP contribution is 2.40. The molecule has 13 heavy (non-hydrogen) atoms. The first-order chi connectivity index (χ1) is 5.98. The second-order valence-corrected chi connectivity index (χ2v) is 4.40. The Bertz CT molecular complexity index is 220. The van der Waals surface area contributed by atoms with Crippen molar-refractivity contribution in [2.75, 3.05) is 0 Å². The molecule has 0 aliphatic carbocycles. The first-order valence-corrected chi connectivity index (χ1v) is 4.80. The van der Waals surface area contributed by atoms with Gasteiger partial charge in [-0.1, -0.05) is 19.9 Å². The Kier molecular flexibility index (Phi) is 2.91. The molecule has 0 saturated carbocycles. The van der Waals surface area contributed by atoms with Crippen molar-refractivity contribution in [3.05, 3.63) is 12.7 Å². The summed E-state index contributed by atoms with van der Waals surface area (Å²) in [6, 6.07) is 0. The van der Waals surface area contributed by atoms with Gasteiger partial charge in [-0.3, -0.25) is 4.79 Å². The van der Waals surface area contributed by atoms with Gasteiger partial charge in [0.05, 0.1) is 0 Å². The zero-order valence-electron chi connectivity index (χ0n) is 8.67. The Morgan fingerprint density at radius 2 is 2.31 bits per heavy atom. The fourth-order valence-electron chi connectivity index (χ4n) is 1.61. The van der Waals surface area contributed by atoms with Crippen molar-refractivity contribution in [3.63, 3.8) is 0 Å². The third-order valence-electron chi connectivity index (χ3n) is 2.34. The molecule has 1 aliphatic rings. The van der Waals surface area contributed by atoms with Crippen molar-refractivity contribution >= 4 is 5.78 Å². The Hall–Kier alpha value is -0.630. The maximum atomic E-state index is 11.5. The van der Waals surface area contributed by atoms with E-state index < -0.39 is 0 Å². The molecular weight excluding hydrogens is 164 g/mol. The molecule has 0 amide bonds. The summed E-state index contributed by atoms with van der Waals surface area (Å²) in [6.45, 7) is 9.73. The van der Waals surface area contributed by atoms with E-state index in [0.717, 1.165) is 0 Å². The third kappa shape index (κ3) is 2.66. The fourth-order valence-corrected chi connectivity index (χ4v) is 1.61. The van der Waals surface area contributed by atoms with Crippen LogP contribution in [0.1, 0.15) is 33.6 Å². The first-order valence-electron chi connectivity index (χ1n) is 4.80. The lowest BCUT2D eigenvalue weighted by Crippen LogP contribution is -2.16. The molecule has 0 bridgehead atoms. The molecule has 2 atom stereocenters. The van der Waals surface area contributed by atoms with Gasteiger partial charge in [-0.25, -0.2) is 0 Å². The van der Waals surface area contributed by atoms with E-state index in [4.69, 9.17) is 4.74 Å². The molecule has 1 fully saturated rings. The molecule has 1 heterocycles. The standard InChI is InChI=1S/C11H18O2/c1-5-10-11(4,13-10)7-9(12)6-8(2)3/h5,8,10H,1,6-7H2,2-4H3/t10-,11+/m1/s1. The molecule has 0 radical (unpaired) electrons. The van der Waals surface area contributed by atoms with Gasteiger partial charge in [0.25, 0.3) is 0 Å². The zero-order chi connectivity index (χ0) is 10.1. The highest BCUT2D eigenvalue weighted by Gasteiger charge is 2.51. The Labute approximate surface area is 80.0 Å². The van der Waals surface area contributed by atoms with Crippen LogP contribution in [0.3, 0.4) is 0 Å². The van der Waals surface area contributed by atoms with Crippen LogP contribution in [0.5, 0.6) is 0 Å². The van der Waals surface area contributed by atoms with E-state index in [1.807, 2.05) is 6.92 Å². The number of rotatable bonds is 5. The number of hydrogen-bond acceptors (Lipinski definition) is 2. The molecule has 1 saturated heterocycles. The number of epoxide rings is 1. The molecule has 1 aliphatic heterocycles. The summed E-state index contributed by atoms with van der Waals surface area (Å²) in [5.74, 6) is 0.735. The largest absolute Gasteiger partial charge is 0.361 e. The third-order valence-corrected chi connectivity index (χ3v) is 2.34. The summed E-state index contributed by atoms with van der Waals surface area (Å²) < 4.78 is 5.37. The molecule has 2 heteroatoms. The molecule has 0 N–H and O–H groups in total. The molecule has 0 unspecified atom stereocenters. The van der Waals surface area contributed by atoms with Crippen LogP contribution in [0.15, 0.2) is 12.7 Å². The van der Waals surface area contributed by atoms with Gasteiger partial charge in [0, 0.05) is 12.8 Å². The minimum atomic E-state index is -0.242. The minimum Gasteiger partial charge on any atom is -0.361 e. The second-order valence-electron chi connectivity index (χ2n) is 4.40. The summed E-state index contributed by atoms with van der Waals surface area (Å²) in [6.07, 6.45) is 3.04. The Balaban J connectivity index is 2.33. The Morgan fingerprint density at radius 3 is 2.69 bits per heavy atom. The average Bonchev–Trinajstić information content (AvgIpc) is 2.58. The van der Waals surface area contributed by atoms with Crippen molar-refractivity contribution in [1.82, 2.24) is 0 Å². The van der Waals surface area contributed by atoms with Gasteiger partial charge in [0.1, 0.15) is 17.5 Å². The maximum absolute atomic E-state index is 11.5. The average molecular weight is 182 g/mol. The van der Waals surface area contributed by atoms with Crippen molar-refractivity contribution in [2.24, 2.45) is 5.92 Å². The maximum Gasteiger partial charge on any atom is 0.136 e. The highest BCUT2D eigenvalue weighted by atomic mass is 16.6. The summed E-state index contributed by atoms with van der Waals surface area (Å²) in [4.78, 5) is 11.5. The molecule has 74 valence electrons. The number of ether oxygens (including phenoxy) is 1. The van der Waals surface area contributed by atoms with Gasteiger partial charge >= 0.3 is 0 Å². The quantitative estimate of drug-likeness (QED) is 0.482. The highest BCUT2D eigenvalue weighted by molar-refractivity contribution is 5.80. The van der Waals surface area contributed by atoms with Gasteiger partial charge < -0.3 is 4.74 Å². The minimum absolute atomic E-state index is 0.0867. The van der Waals surface area contributed by atoms with Crippen molar-refractivity contribution in [2.45, 2.75) is 45.3 Å². The molecular formula is C11H18O2. The molecule has 0 aromatic carbocycles. The van der Waals surface area contributed by atoms with Gasteiger partial charge in [-0.2, -0.15) is 0 Å². The van der Waals surface area contributed by atoms with Crippen LogP contribution in [0, 0.1) is 5.92 Å². The van der Waals surface area contributed by atoms with Crippen LogP contribution in [0.25, 0.3) is 0 Å². The van der Waals surface area contributed by atoms with E-state index in [9.17, 15) is 4.79 Å². The number of ketones is 1. The van der Waals surface area contributed by atoms with Crippen LogP contribution in [0.4, 0.5) is 0 Å². The first kappa shape index (κ1) is 10.5. The van der Waals surface area contributed by atoms with Crippen LogP contribution < -0.4 is 0 Å². The zero-order valence-corrected chi connectivity index (χ0v) is 8.67. The van der Waals surface area contributed by atoms with Gasteiger partial charge in [0.15, 0.2) is 0 Å². The van der Waals surface area contributed by atoms with Gasteiger partial charge in [-0.05, 0) is 12.8 Å². The van der Waals surface area contributed by atoms with E-state index >= 15 is 0 Å². The van der Waals surface area contributed by atoms with E-state index in [2.05, 4.69) is 20.4 Å². The van der Waals surface area contributed by atoms with Crippen LogP contribution >= 0.6 is 0 Å². The second kappa shape index (κ2) is 3.62. The number of Topliss-reactive ketones (excluding diaryl/α,β-unsaturated/α-hetero) is 1. The lowest BCUT2D eigenvalue weighted by atomic mass is 9.96. The molecule has 0 spiro atoms. The summed E-state index contributed by atoms with van der Waals surface area (Å²) in [7, 11) is 0. The van der Waals surface area contributed by atoms with E-state index in [-0.39, 0.29) is 11.7 Å². The summed E-state index contributed by atoms with van der Waals surface area (Å²) in [5.41, 5.74) is -0.242.